The Balaban J connectivity index is 2.20. The number of nitrogens with zero attached hydrogens (tertiary/aromatic N) is 1. The van der Waals surface area contributed by atoms with Gasteiger partial charge in [-0.25, -0.2) is 4.98 Å². The lowest BCUT2D eigenvalue weighted by Gasteiger charge is -2.09. The molecule has 12 heavy (non-hydrogen) atoms. The quantitative estimate of drug-likeness (QED) is 0.721. The number of nitrogens with one attached hydrogen (secondary N) is 1. The minimum Gasteiger partial charge on any atom is -0.375 e. The molecule has 0 saturated carbocycles. The van der Waals surface area contributed by atoms with Crippen molar-refractivity contribution in [3.63, 3.8) is 0 Å². The molecule has 1 aromatic heterocycles. The van der Waals surface area contributed by atoms with Crippen molar-refractivity contribution in [2.75, 3.05) is 6.61 Å². The van der Waals surface area contributed by atoms with E-state index in [1.807, 2.05) is 0 Å². The fourth-order valence-corrected chi connectivity index (χ4v) is 1.53. The van der Waals surface area contributed by atoms with E-state index >= 15 is 0 Å². The second-order valence-corrected chi connectivity index (χ2v) is 3.16. The highest BCUT2D eigenvalue weighted by Crippen LogP contribution is 2.14. The Bertz CT molecular complexity index is 244. The van der Waals surface area contributed by atoms with Crippen LogP contribution in [0.2, 0.25) is 0 Å². The number of fused-ring (bicyclic) bond motifs is 1. The second-order valence-electron chi connectivity index (χ2n) is 3.16. The zero-order valence-corrected chi connectivity index (χ0v) is 7.39. The maximum atomic E-state index is 5.32. The number of aromatic nitrogens is 2. The summed E-state index contributed by atoms with van der Waals surface area (Å²) in [5.74, 6) is 1.12. The van der Waals surface area contributed by atoms with E-state index in [-0.39, 0.29) is 0 Å². The fourth-order valence-electron chi connectivity index (χ4n) is 1.53. The Labute approximate surface area is 72.2 Å². The van der Waals surface area contributed by atoms with Crippen molar-refractivity contribution in [1.29, 1.82) is 0 Å². The second kappa shape index (κ2) is 3.27. The van der Waals surface area contributed by atoms with Crippen LogP contribution in [0.25, 0.3) is 0 Å². The van der Waals surface area contributed by atoms with Gasteiger partial charge in [0.1, 0.15) is 5.82 Å². The average Bonchev–Trinajstić information content (AvgIpc) is 2.47. The Hall–Kier alpha value is -0.830. The van der Waals surface area contributed by atoms with Crippen molar-refractivity contribution < 1.29 is 4.74 Å². The molecule has 0 atom stereocenters. The summed E-state index contributed by atoms with van der Waals surface area (Å²) in [5.41, 5.74) is 2.40. The van der Waals surface area contributed by atoms with Gasteiger partial charge >= 0.3 is 0 Å². The predicted molar refractivity (Wildman–Crippen MR) is 45.9 cm³/mol. The molecule has 0 fully saturated rings. The Morgan fingerprint density at radius 3 is 3.25 bits per heavy atom. The highest BCUT2D eigenvalue weighted by atomic mass is 16.5. The van der Waals surface area contributed by atoms with E-state index in [0.717, 1.165) is 31.7 Å². The zero-order chi connectivity index (χ0) is 8.39. The van der Waals surface area contributed by atoms with E-state index < -0.39 is 0 Å². The van der Waals surface area contributed by atoms with Gasteiger partial charge in [-0.05, 0) is 6.42 Å². The van der Waals surface area contributed by atoms with Crippen molar-refractivity contribution in [2.24, 2.45) is 0 Å². The van der Waals surface area contributed by atoms with Gasteiger partial charge in [0.15, 0.2) is 0 Å². The minimum absolute atomic E-state index is 0.714. The summed E-state index contributed by atoms with van der Waals surface area (Å²) in [5, 5.41) is 0. The van der Waals surface area contributed by atoms with E-state index in [1.54, 1.807) is 0 Å². The molecule has 1 aliphatic heterocycles. The van der Waals surface area contributed by atoms with Crippen molar-refractivity contribution in [2.45, 2.75) is 32.8 Å². The lowest BCUT2D eigenvalue weighted by molar-refractivity contribution is 0.107. The van der Waals surface area contributed by atoms with Crippen LogP contribution in [0.1, 0.15) is 30.6 Å². The maximum absolute atomic E-state index is 5.32. The molecule has 0 bridgehead atoms. The third-order valence-corrected chi connectivity index (χ3v) is 2.13. The van der Waals surface area contributed by atoms with Gasteiger partial charge in [0, 0.05) is 12.8 Å². The van der Waals surface area contributed by atoms with Crippen LogP contribution in [0.5, 0.6) is 0 Å². The monoisotopic (exact) mass is 166 g/mol. The Morgan fingerprint density at radius 2 is 2.50 bits per heavy atom. The highest BCUT2D eigenvalue weighted by Gasteiger charge is 2.13. The molecule has 2 rings (SSSR count). The number of hydrogen-bond acceptors (Lipinski definition) is 2. The number of hydrogen-bond donors (Lipinski definition) is 1. The molecule has 1 aromatic rings. The number of aryl methyl sites for hydroxylation is 1. The molecule has 0 spiro atoms. The van der Waals surface area contributed by atoms with Crippen molar-refractivity contribution >= 4 is 0 Å². The number of imidazole rings is 1. The molecule has 0 aromatic carbocycles. The summed E-state index contributed by atoms with van der Waals surface area (Å²) in [6.07, 6.45) is 3.16. The molecule has 2 heterocycles. The molecular weight excluding hydrogens is 152 g/mol. The van der Waals surface area contributed by atoms with E-state index in [0.29, 0.717) is 6.61 Å². The lowest BCUT2D eigenvalue weighted by Crippen LogP contribution is -2.08. The fraction of sp³-hybridized carbons (Fsp3) is 0.667. The summed E-state index contributed by atoms with van der Waals surface area (Å²) < 4.78 is 5.32. The van der Waals surface area contributed by atoms with Crippen LogP contribution in [-0.4, -0.2) is 16.6 Å². The van der Waals surface area contributed by atoms with Crippen LogP contribution < -0.4 is 0 Å². The molecule has 66 valence electrons. The third kappa shape index (κ3) is 1.37. The van der Waals surface area contributed by atoms with E-state index in [1.165, 1.54) is 11.4 Å². The van der Waals surface area contributed by atoms with Crippen LogP contribution in [0.3, 0.4) is 0 Å². The standard InChI is InChI=1S/C9H14N2O/c1-2-3-9-10-7-4-5-12-6-8(7)11-9/h2-6H2,1H3,(H,10,11). The van der Waals surface area contributed by atoms with Crippen LogP contribution in [0, 0.1) is 0 Å². The van der Waals surface area contributed by atoms with Gasteiger partial charge < -0.3 is 9.72 Å². The van der Waals surface area contributed by atoms with Gasteiger partial charge in [0.2, 0.25) is 0 Å². The minimum atomic E-state index is 0.714. The van der Waals surface area contributed by atoms with Crippen LogP contribution in [0.15, 0.2) is 0 Å². The number of ether oxygens (including phenoxy) is 1. The van der Waals surface area contributed by atoms with Crippen LogP contribution in [-0.2, 0) is 24.2 Å². The maximum Gasteiger partial charge on any atom is 0.106 e. The van der Waals surface area contributed by atoms with Gasteiger partial charge in [0.05, 0.1) is 24.6 Å². The molecule has 1 aliphatic rings. The molecule has 0 amide bonds. The lowest BCUT2D eigenvalue weighted by atomic mass is 10.2. The first-order valence-electron chi connectivity index (χ1n) is 4.54. The Morgan fingerprint density at radius 1 is 1.58 bits per heavy atom. The van der Waals surface area contributed by atoms with Crippen molar-refractivity contribution in [3.8, 4) is 0 Å². The smallest absolute Gasteiger partial charge is 0.106 e. The first-order chi connectivity index (χ1) is 5.90. The first kappa shape index (κ1) is 7.80. The normalized spacial score (nSPS) is 16.1. The van der Waals surface area contributed by atoms with E-state index in [9.17, 15) is 0 Å². The van der Waals surface area contributed by atoms with Crippen molar-refractivity contribution in [1.82, 2.24) is 9.97 Å². The summed E-state index contributed by atoms with van der Waals surface area (Å²) in [6.45, 7) is 3.70. The molecule has 3 heteroatoms. The van der Waals surface area contributed by atoms with Crippen LogP contribution in [0.4, 0.5) is 0 Å². The molecular formula is C9H14N2O. The predicted octanol–water partition coefficient (Wildman–Crippen LogP) is 1.43. The van der Waals surface area contributed by atoms with E-state index in [2.05, 4.69) is 16.9 Å². The zero-order valence-electron chi connectivity index (χ0n) is 7.39. The van der Waals surface area contributed by atoms with Gasteiger partial charge in [0.25, 0.3) is 0 Å². The average molecular weight is 166 g/mol. The Kier molecular flexibility index (Phi) is 2.13. The third-order valence-electron chi connectivity index (χ3n) is 2.13. The molecule has 0 radical (unpaired) electrons. The molecule has 0 saturated heterocycles. The van der Waals surface area contributed by atoms with Gasteiger partial charge in [-0.3, -0.25) is 0 Å². The van der Waals surface area contributed by atoms with E-state index in [4.69, 9.17) is 4.74 Å². The number of H-pyrrole nitrogens is 1. The summed E-state index contributed by atoms with van der Waals surface area (Å²) in [4.78, 5) is 7.80. The topological polar surface area (TPSA) is 37.9 Å². The largest absolute Gasteiger partial charge is 0.375 e. The van der Waals surface area contributed by atoms with Crippen molar-refractivity contribution in [3.05, 3.63) is 17.2 Å². The summed E-state index contributed by atoms with van der Waals surface area (Å²) in [6, 6.07) is 0. The molecule has 0 aliphatic carbocycles. The summed E-state index contributed by atoms with van der Waals surface area (Å²) in [7, 11) is 0. The number of rotatable bonds is 2. The molecule has 1 N–H and O–H groups in total. The molecule has 0 unspecified atom stereocenters. The van der Waals surface area contributed by atoms with Gasteiger partial charge in [-0.1, -0.05) is 6.92 Å². The highest BCUT2D eigenvalue weighted by molar-refractivity contribution is 5.16. The first-order valence-corrected chi connectivity index (χ1v) is 4.54. The molecule has 3 nitrogen and oxygen atoms in total. The number of aromatic amines is 1. The van der Waals surface area contributed by atoms with Gasteiger partial charge in [-0.2, -0.15) is 0 Å². The van der Waals surface area contributed by atoms with Gasteiger partial charge in [-0.15, -0.1) is 0 Å². The summed E-state index contributed by atoms with van der Waals surface area (Å²) >= 11 is 0. The SMILES string of the molecule is CCCc1nc2c([nH]1)COCC2. The van der Waals surface area contributed by atoms with Crippen LogP contribution >= 0.6 is 0 Å².